The lowest BCUT2D eigenvalue weighted by Crippen LogP contribution is -2.43. The van der Waals surface area contributed by atoms with Gasteiger partial charge in [-0.2, -0.15) is 0 Å². The van der Waals surface area contributed by atoms with Crippen LogP contribution in [-0.4, -0.2) is 32.6 Å². The summed E-state index contributed by atoms with van der Waals surface area (Å²) in [5.41, 5.74) is 7.21. The van der Waals surface area contributed by atoms with Gasteiger partial charge >= 0.3 is 0 Å². The average Bonchev–Trinajstić information content (AvgIpc) is 2.70. The van der Waals surface area contributed by atoms with Crippen molar-refractivity contribution in [3.05, 3.63) is 66.2 Å². The Morgan fingerprint density at radius 1 is 0.963 bits per heavy atom. The Morgan fingerprint density at radius 3 is 2.37 bits per heavy atom. The van der Waals surface area contributed by atoms with Gasteiger partial charge in [0.2, 0.25) is 5.91 Å². The van der Waals surface area contributed by atoms with Crippen molar-refractivity contribution < 1.29 is 19.1 Å². The van der Waals surface area contributed by atoms with Crippen molar-refractivity contribution in [2.45, 2.75) is 6.42 Å². The Morgan fingerprint density at radius 2 is 1.70 bits per heavy atom. The van der Waals surface area contributed by atoms with Gasteiger partial charge in [0.1, 0.15) is 11.5 Å². The quantitative estimate of drug-likeness (QED) is 0.585. The maximum Gasteiger partial charge on any atom is 0.257 e. The number of nitrogens with one attached hydrogen (secondary N) is 3. The van der Waals surface area contributed by atoms with Gasteiger partial charge in [0.15, 0.2) is 0 Å². The Hall–Kier alpha value is -3.48. The molecule has 0 aliphatic carbocycles. The Labute approximate surface area is 158 Å². The van der Waals surface area contributed by atoms with Crippen molar-refractivity contribution in [2.24, 2.45) is 0 Å². The van der Waals surface area contributed by atoms with Gasteiger partial charge in [0.05, 0.1) is 32.9 Å². The van der Waals surface area contributed by atoms with Crippen LogP contribution in [0.15, 0.2) is 55.1 Å². The molecule has 0 fully saturated rings. The summed E-state index contributed by atoms with van der Waals surface area (Å²) in [5, 5.41) is 2.57. The summed E-state index contributed by atoms with van der Waals surface area (Å²) in [4.78, 5) is 23.8. The first-order chi connectivity index (χ1) is 13.0. The van der Waals surface area contributed by atoms with Gasteiger partial charge in [-0.1, -0.05) is 36.9 Å². The van der Waals surface area contributed by atoms with E-state index in [1.54, 1.807) is 25.3 Å². The minimum absolute atomic E-state index is 0.147. The zero-order valence-corrected chi connectivity index (χ0v) is 15.4. The molecule has 0 aliphatic rings. The molecule has 0 spiro atoms. The Bertz CT molecular complexity index is 806. The third kappa shape index (κ3) is 6.07. The number of ether oxygens (including phenoxy) is 2. The summed E-state index contributed by atoms with van der Waals surface area (Å²) in [5.74, 6) is 0.572. The van der Waals surface area contributed by atoms with E-state index >= 15 is 0 Å². The highest BCUT2D eigenvalue weighted by Gasteiger charge is 2.10. The monoisotopic (exact) mass is 369 g/mol. The van der Waals surface area contributed by atoms with Crippen molar-refractivity contribution in [3.63, 3.8) is 0 Å². The van der Waals surface area contributed by atoms with Gasteiger partial charge < -0.3 is 14.8 Å². The van der Waals surface area contributed by atoms with Crippen molar-refractivity contribution >= 4 is 17.5 Å². The second-order valence-electron chi connectivity index (χ2n) is 5.66. The van der Waals surface area contributed by atoms with E-state index in [2.05, 4.69) is 22.7 Å². The second-order valence-corrected chi connectivity index (χ2v) is 5.66. The molecule has 0 saturated carbocycles. The number of benzene rings is 2. The number of methoxy groups -OCH3 is 2. The van der Waals surface area contributed by atoms with Crippen molar-refractivity contribution in [1.82, 2.24) is 16.2 Å². The molecule has 7 heteroatoms. The largest absolute Gasteiger partial charge is 0.497 e. The van der Waals surface area contributed by atoms with Gasteiger partial charge in [-0.05, 0) is 17.7 Å². The number of hydrogen-bond donors (Lipinski definition) is 3. The van der Waals surface area contributed by atoms with E-state index in [1.165, 1.54) is 7.11 Å². The molecule has 0 saturated heterocycles. The third-order valence-electron chi connectivity index (χ3n) is 3.74. The number of carbonyl (C=O) groups excluding carboxylic acids is 2. The van der Waals surface area contributed by atoms with Crippen LogP contribution in [0.25, 0.3) is 5.70 Å². The molecule has 7 nitrogen and oxygen atoms in total. The van der Waals surface area contributed by atoms with Crippen molar-refractivity contribution in [1.29, 1.82) is 0 Å². The van der Waals surface area contributed by atoms with Crippen LogP contribution in [0.4, 0.5) is 0 Å². The minimum Gasteiger partial charge on any atom is -0.497 e. The lowest BCUT2D eigenvalue weighted by Gasteiger charge is -2.15. The third-order valence-corrected chi connectivity index (χ3v) is 3.74. The maximum absolute atomic E-state index is 11.9. The molecule has 0 bridgehead atoms. The molecular weight excluding hydrogens is 346 g/mol. The van der Waals surface area contributed by atoms with Crippen LogP contribution in [0.1, 0.15) is 11.1 Å². The number of hydrazine groups is 1. The highest BCUT2D eigenvalue weighted by Crippen LogP contribution is 2.27. The van der Waals surface area contributed by atoms with Crippen molar-refractivity contribution in [3.8, 4) is 11.5 Å². The molecule has 0 aliphatic heterocycles. The summed E-state index contributed by atoms with van der Waals surface area (Å²) in [6.07, 6.45) is 0.220. The Kier molecular flexibility index (Phi) is 7.25. The predicted molar refractivity (Wildman–Crippen MR) is 103 cm³/mol. The molecule has 0 atom stereocenters. The van der Waals surface area contributed by atoms with E-state index in [1.807, 2.05) is 30.3 Å². The Balaban J connectivity index is 1.79. The van der Waals surface area contributed by atoms with E-state index in [-0.39, 0.29) is 18.9 Å². The normalized spacial score (nSPS) is 9.85. The highest BCUT2D eigenvalue weighted by atomic mass is 16.5. The first-order valence-electron chi connectivity index (χ1n) is 8.30. The first kappa shape index (κ1) is 19.8. The van der Waals surface area contributed by atoms with Crippen molar-refractivity contribution in [2.75, 3.05) is 20.8 Å². The van der Waals surface area contributed by atoms with Gasteiger partial charge in [0.25, 0.3) is 5.91 Å². The molecule has 0 unspecified atom stereocenters. The second kappa shape index (κ2) is 9.86. The van der Waals surface area contributed by atoms with Crippen LogP contribution in [0.2, 0.25) is 0 Å². The molecule has 2 aromatic carbocycles. The van der Waals surface area contributed by atoms with Crippen LogP contribution >= 0.6 is 0 Å². The van der Waals surface area contributed by atoms with Crippen LogP contribution in [0.3, 0.4) is 0 Å². The van der Waals surface area contributed by atoms with Gasteiger partial charge in [0, 0.05) is 11.6 Å². The average molecular weight is 369 g/mol. The van der Waals surface area contributed by atoms with Crippen LogP contribution < -0.4 is 25.6 Å². The van der Waals surface area contributed by atoms with Crippen LogP contribution in [0, 0.1) is 0 Å². The fourth-order valence-corrected chi connectivity index (χ4v) is 2.33. The number of carbonyl (C=O) groups is 2. The summed E-state index contributed by atoms with van der Waals surface area (Å²) in [7, 11) is 3.10. The molecule has 2 rings (SSSR count). The lowest BCUT2D eigenvalue weighted by molar-refractivity contribution is -0.126. The fraction of sp³-hybridized carbons (Fsp3) is 0.200. The first-order valence-corrected chi connectivity index (χ1v) is 8.30. The zero-order chi connectivity index (χ0) is 19.6. The highest BCUT2D eigenvalue weighted by molar-refractivity contribution is 5.86. The molecule has 2 amide bonds. The van der Waals surface area contributed by atoms with Crippen LogP contribution in [0.5, 0.6) is 11.5 Å². The number of amides is 2. The fourth-order valence-electron chi connectivity index (χ4n) is 2.33. The van der Waals surface area contributed by atoms with E-state index in [0.29, 0.717) is 22.8 Å². The molecule has 0 heterocycles. The van der Waals surface area contributed by atoms with Gasteiger partial charge in [-0.25, -0.2) is 0 Å². The molecule has 142 valence electrons. The van der Waals surface area contributed by atoms with Gasteiger partial charge in [-0.15, -0.1) is 0 Å². The molecule has 27 heavy (non-hydrogen) atoms. The molecular formula is C20H23N3O4. The summed E-state index contributed by atoms with van der Waals surface area (Å²) in [6.45, 7) is 3.73. The maximum atomic E-state index is 11.9. The SMILES string of the molecule is C=C(NNC(=O)CNC(=O)Cc1ccccc1)c1ccc(OC)cc1OC. The van der Waals surface area contributed by atoms with E-state index in [0.717, 1.165) is 5.56 Å². The standard InChI is InChI=1S/C20H23N3O4/c1-14(17-10-9-16(26-2)12-18(17)27-3)22-23-20(25)13-21-19(24)11-15-7-5-4-6-8-15/h4-10,12,22H,1,11,13H2,2-3H3,(H,21,24)(H,23,25). The smallest absolute Gasteiger partial charge is 0.257 e. The summed E-state index contributed by atoms with van der Waals surface area (Å²) >= 11 is 0. The summed E-state index contributed by atoms with van der Waals surface area (Å²) < 4.78 is 10.4. The minimum atomic E-state index is -0.398. The number of hydrogen-bond acceptors (Lipinski definition) is 5. The lowest BCUT2D eigenvalue weighted by atomic mass is 10.1. The predicted octanol–water partition coefficient (Wildman–Crippen LogP) is 1.65. The molecule has 0 aromatic heterocycles. The summed E-state index contributed by atoms with van der Waals surface area (Å²) in [6, 6.07) is 14.5. The molecule has 3 N–H and O–H groups in total. The number of rotatable bonds is 9. The molecule has 2 aromatic rings. The molecule has 0 radical (unpaired) electrons. The van der Waals surface area contributed by atoms with Crippen LogP contribution in [-0.2, 0) is 16.0 Å². The van der Waals surface area contributed by atoms with Gasteiger partial charge in [-0.3, -0.25) is 20.4 Å². The van der Waals surface area contributed by atoms with E-state index < -0.39 is 5.91 Å². The van der Waals surface area contributed by atoms with E-state index in [9.17, 15) is 9.59 Å². The topological polar surface area (TPSA) is 88.7 Å². The zero-order valence-electron chi connectivity index (χ0n) is 15.4. The van der Waals surface area contributed by atoms with E-state index in [4.69, 9.17) is 9.47 Å².